The van der Waals surface area contributed by atoms with Crippen LogP contribution in [0.2, 0.25) is 0 Å². The maximum absolute atomic E-state index is 9.42. The van der Waals surface area contributed by atoms with E-state index in [1.54, 1.807) is 0 Å². The summed E-state index contributed by atoms with van der Waals surface area (Å²) < 4.78 is 5.54. The summed E-state index contributed by atoms with van der Waals surface area (Å²) in [4.78, 5) is 0. The number of benzene rings is 1. The van der Waals surface area contributed by atoms with E-state index in [0.717, 1.165) is 12.2 Å². The van der Waals surface area contributed by atoms with Gasteiger partial charge in [-0.15, -0.1) is 0 Å². The average Bonchev–Trinajstić information content (AvgIpc) is 2.17. The molecule has 2 unspecified atom stereocenters. The normalized spacial score (nSPS) is 23.1. The van der Waals surface area contributed by atoms with Gasteiger partial charge in [-0.3, -0.25) is 0 Å². The lowest BCUT2D eigenvalue weighted by Gasteiger charge is -2.26. The van der Waals surface area contributed by atoms with Crippen molar-refractivity contribution in [3.63, 3.8) is 0 Å². The van der Waals surface area contributed by atoms with Crippen LogP contribution >= 0.6 is 0 Å². The van der Waals surface area contributed by atoms with Crippen molar-refractivity contribution in [2.75, 3.05) is 6.61 Å². The summed E-state index contributed by atoms with van der Waals surface area (Å²) in [5.74, 6) is 1.22. The van der Waals surface area contributed by atoms with Crippen LogP contribution in [0.25, 0.3) is 0 Å². The zero-order valence-corrected chi connectivity index (χ0v) is 7.73. The largest absolute Gasteiger partial charge is 0.493 e. The molecular formula is C11H14O2. The molecule has 0 fully saturated rings. The highest BCUT2D eigenvalue weighted by atomic mass is 16.5. The molecular weight excluding hydrogens is 164 g/mol. The van der Waals surface area contributed by atoms with Gasteiger partial charge in [0.05, 0.1) is 12.7 Å². The highest BCUT2D eigenvalue weighted by Gasteiger charge is 2.22. The summed E-state index contributed by atoms with van der Waals surface area (Å²) in [6.07, 6.45) is 0.641. The second kappa shape index (κ2) is 3.38. The SMILES string of the molecule is CC(O)C1COc2ccccc2C1. The lowest BCUT2D eigenvalue weighted by molar-refractivity contribution is 0.0784. The van der Waals surface area contributed by atoms with Gasteiger partial charge in [-0.05, 0) is 25.0 Å². The Morgan fingerprint density at radius 3 is 3.00 bits per heavy atom. The zero-order chi connectivity index (χ0) is 9.26. The van der Waals surface area contributed by atoms with Crippen molar-refractivity contribution >= 4 is 0 Å². The van der Waals surface area contributed by atoms with Gasteiger partial charge in [0.1, 0.15) is 5.75 Å². The number of ether oxygens (including phenoxy) is 1. The molecule has 13 heavy (non-hydrogen) atoms. The standard InChI is InChI=1S/C11H14O2/c1-8(12)10-6-9-4-2-3-5-11(9)13-7-10/h2-5,8,10,12H,6-7H2,1H3. The summed E-state index contributed by atoms with van der Waals surface area (Å²) in [5, 5.41) is 9.42. The van der Waals surface area contributed by atoms with Gasteiger partial charge in [-0.25, -0.2) is 0 Å². The first-order valence-corrected chi connectivity index (χ1v) is 4.66. The predicted octanol–water partition coefficient (Wildman–Crippen LogP) is 1.62. The van der Waals surface area contributed by atoms with E-state index in [4.69, 9.17) is 4.74 Å². The number of aliphatic hydroxyl groups is 1. The van der Waals surface area contributed by atoms with Crippen LogP contribution < -0.4 is 4.74 Å². The third kappa shape index (κ3) is 1.68. The maximum Gasteiger partial charge on any atom is 0.122 e. The van der Waals surface area contributed by atoms with E-state index in [-0.39, 0.29) is 12.0 Å². The van der Waals surface area contributed by atoms with E-state index >= 15 is 0 Å². The molecule has 0 radical (unpaired) electrons. The minimum Gasteiger partial charge on any atom is -0.493 e. The molecule has 1 heterocycles. The number of hydrogen-bond acceptors (Lipinski definition) is 2. The summed E-state index contributed by atoms with van der Waals surface area (Å²) in [6, 6.07) is 8.02. The van der Waals surface area contributed by atoms with E-state index in [9.17, 15) is 5.11 Å². The van der Waals surface area contributed by atoms with E-state index in [2.05, 4.69) is 6.07 Å². The molecule has 2 atom stereocenters. The highest BCUT2D eigenvalue weighted by Crippen LogP contribution is 2.27. The lowest BCUT2D eigenvalue weighted by Crippen LogP contribution is -2.29. The van der Waals surface area contributed by atoms with Crippen LogP contribution in [0.15, 0.2) is 24.3 Å². The van der Waals surface area contributed by atoms with Gasteiger partial charge in [0.25, 0.3) is 0 Å². The lowest BCUT2D eigenvalue weighted by atomic mass is 9.93. The minimum atomic E-state index is -0.284. The molecule has 0 amide bonds. The van der Waals surface area contributed by atoms with E-state index in [0.29, 0.717) is 6.61 Å². The van der Waals surface area contributed by atoms with Gasteiger partial charge in [0.15, 0.2) is 0 Å². The molecule has 2 heteroatoms. The number of rotatable bonds is 1. The third-order valence-corrected chi connectivity index (χ3v) is 2.59. The molecule has 1 aliphatic rings. The maximum atomic E-state index is 9.42. The van der Waals surface area contributed by atoms with Crippen molar-refractivity contribution in [3.05, 3.63) is 29.8 Å². The summed E-state index contributed by atoms with van der Waals surface area (Å²) >= 11 is 0. The van der Waals surface area contributed by atoms with Gasteiger partial charge in [0, 0.05) is 5.92 Å². The number of hydrogen-bond donors (Lipinski definition) is 1. The highest BCUT2D eigenvalue weighted by molar-refractivity contribution is 5.35. The van der Waals surface area contributed by atoms with Crippen LogP contribution in [0.1, 0.15) is 12.5 Å². The van der Waals surface area contributed by atoms with Gasteiger partial charge < -0.3 is 9.84 Å². The molecule has 0 spiro atoms. The molecule has 2 nitrogen and oxygen atoms in total. The van der Waals surface area contributed by atoms with Crippen LogP contribution in [0, 0.1) is 5.92 Å². The van der Waals surface area contributed by atoms with Gasteiger partial charge in [0.2, 0.25) is 0 Å². The van der Waals surface area contributed by atoms with Crippen LogP contribution in [0.5, 0.6) is 5.75 Å². The molecule has 1 aliphatic heterocycles. The van der Waals surface area contributed by atoms with Crippen LogP contribution in [0.3, 0.4) is 0 Å². The predicted molar refractivity (Wildman–Crippen MR) is 50.8 cm³/mol. The van der Waals surface area contributed by atoms with Crippen molar-refractivity contribution in [3.8, 4) is 5.75 Å². The molecule has 0 saturated heterocycles. The fourth-order valence-electron chi connectivity index (χ4n) is 1.66. The Labute approximate surface area is 78.2 Å². The van der Waals surface area contributed by atoms with Crippen molar-refractivity contribution in [1.29, 1.82) is 0 Å². The topological polar surface area (TPSA) is 29.5 Å². The molecule has 0 aromatic heterocycles. The molecule has 1 aromatic carbocycles. The number of aliphatic hydroxyl groups excluding tert-OH is 1. The monoisotopic (exact) mass is 178 g/mol. The van der Waals surface area contributed by atoms with E-state index < -0.39 is 0 Å². The quantitative estimate of drug-likeness (QED) is 0.708. The molecule has 1 aromatic rings. The van der Waals surface area contributed by atoms with E-state index in [1.807, 2.05) is 25.1 Å². The molecule has 0 aliphatic carbocycles. The molecule has 0 bridgehead atoms. The van der Waals surface area contributed by atoms with Gasteiger partial charge in [-0.1, -0.05) is 18.2 Å². The molecule has 70 valence electrons. The number of fused-ring (bicyclic) bond motifs is 1. The summed E-state index contributed by atoms with van der Waals surface area (Å²) in [5.41, 5.74) is 1.21. The Morgan fingerprint density at radius 2 is 2.23 bits per heavy atom. The van der Waals surface area contributed by atoms with Crippen molar-refractivity contribution < 1.29 is 9.84 Å². The second-order valence-corrected chi connectivity index (χ2v) is 3.62. The second-order valence-electron chi connectivity index (χ2n) is 3.62. The first-order valence-electron chi connectivity index (χ1n) is 4.66. The van der Waals surface area contributed by atoms with Crippen LogP contribution in [0.4, 0.5) is 0 Å². The van der Waals surface area contributed by atoms with Crippen molar-refractivity contribution in [1.82, 2.24) is 0 Å². The third-order valence-electron chi connectivity index (χ3n) is 2.59. The molecule has 2 rings (SSSR count). The minimum absolute atomic E-state index is 0.245. The Hall–Kier alpha value is -1.02. The van der Waals surface area contributed by atoms with Crippen molar-refractivity contribution in [2.24, 2.45) is 5.92 Å². The van der Waals surface area contributed by atoms with E-state index in [1.165, 1.54) is 5.56 Å². The summed E-state index contributed by atoms with van der Waals surface area (Å²) in [6.45, 7) is 2.46. The van der Waals surface area contributed by atoms with Crippen LogP contribution in [-0.4, -0.2) is 17.8 Å². The number of para-hydroxylation sites is 1. The molecule has 1 N–H and O–H groups in total. The van der Waals surface area contributed by atoms with Crippen molar-refractivity contribution in [2.45, 2.75) is 19.4 Å². The first kappa shape index (κ1) is 8.57. The zero-order valence-electron chi connectivity index (χ0n) is 7.73. The van der Waals surface area contributed by atoms with Gasteiger partial charge >= 0.3 is 0 Å². The fourth-order valence-corrected chi connectivity index (χ4v) is 1.66. The average molecular weight is 178 g/mol. The Balaban J connectivity index is 2.20. The smallest absolute Gasteiger partial charge is 0.122 e. The first-order chi connectivity index (χ1) is 6.27. The summed E-state index contributed by atoms with van der Waals surface area (Å²) in [7, 11) is 0. The fraction of sp³-hybridized carbons (Fsp3) is 0.455. The Bertz CT molecular complexity index is 294. The molecule has 0 saturated carbocycles. The van der Waals surface area contributed by atoms with Gasteiger partial charge in [-0.2, -0.15) is 0 Å². The van der Waals surface area contributed by atoms with Crippen LogP contribution in [-0.2, 0) is 6.42 Å². The Kier molecular flexibility index (Phi) is 2.23. The Morgan fingerprint density at radius 1 is 1.46 bits per heavy atom.